The molecule has 4 aliphatic carbocycles. The summed E-state index contributed by atoms with van der Waals surface area (Å²) in [6, 6.07) is 0.369. The van der Waals surface area contributed by atoms with Crippen molar-refractivity contribution in [2.45, 2.75) is 90.2 Å². The molecule has 0 unspecified atom stereocenters. The van der Waals surface area contributed by atoms with Crippen LogP contribution in [0.5, 0.6) is 0 Å². The van der Waals surface area contributed by atoms with E-state index in [-0.39, 0.29) is 11.3 Å². The Morgan fingerprint density at radius 1 is 1.08 bits per heavy atom. The summed E-state index contributed by atoms with van der Waals surface area (Å²) in [4.78, 5) is 11.5. The monoisotopic (exact) mass is 357 g/mol. The van der Waals surface area contributed by atoms with Gasteiger partial charge in [0.05, 0.1) is 0 Å². The minimum Gasteiger partial charge on any atom is -0.377 e. The number of hydrogen-bond donors (Lipinski definition) is 2. The van der Waals surface area contributed by atoms with Gasteiger partial charge in [-0.25, -0.2) is 0 Å². The van der Waals surface area contributed by atoms with Gasteiger partial charge in [-0.05, 0) is 86.9 Å². The minimum absolute atomic E-state index is 0.0977. The van der Waals surface area contributed by atoms with Gasteiger partial charge in [0.2, 0.25) is 5.91 Å². The van der Waals surface area contributed by atoms with Crippen LogP contribution in [0.2, 0.25) is 0 Å². The summed E-state index contributed by atoms with van der Waals surface area (Å²) < 4.78 is 0. The molecule has 0 spiro atoms. The highest BCUT2D eigenvalue weighted by atomic mass is 16.3. The van der Waals surface area contributed by atoms with Crippen molar-refractivity contribution in [2.24, 2.45) is 34.5 Å². The summed E-state index contributed by atoms with van der Waals surface area (Å²) in [5.41, 5.74) is -0.598. The van der Waals surface area contributed by atoms with Crippen LogP contribution in [0.25, 0.3) is 0 Å². The van der Waals surface area contributed by atoms with Gasteiger partial charge < -0.3 is 10.4 Å². The predicted molar refractivity (Wildman–Crippen MR) is 103 cm³/mol. The summed E-state index contributed by atoms with van der Waals surface area (Å²) in [6.45, 7) is 6.44. The maximum absolute atomic E-state index is 11.5. The van der Waals surface area contributed by atoms with E-state index >= 15 is 0 Å². The second kappa shape index (κ2) is 5.99. The molecular weight excluding hydrogens is 322 g/mol. The largest absolute Gasteiger partial charge is 0.377 e. The molecule has 0 aliphatic heterocycles. The third-order valence-electron chi connectivity index (χ3n) is 9.46. The molecule has 4 saturated carbocycles. The van der Waals surface area contributed by atoms with Crippen molar-refractivity contribution in [3.63, 3.8) is 0 Å². The number of aliphatic hydroxyl groups is 1. The van der Waals surface area contributed by atoms with Gasteiger partial charge in [-0.15, -0.1) is 6.42 Å². The van der Waals surface area contributed by atoms with E-state index in [9.17, 15) is 9.90 Å². The fourth-order valence-electron chi connectivity index (χ4n) is 7.93. The zero-order valence-corrected chi connectivity index (χ0v) is 16.7. The molecule has 2 N–H and O–H groups in total. The molecule has 0 radical (unpaired) electrons. The van der Waals surface area contributed by atoms with Crippen molar-refractivity contribution < 1.29 is 9.90 Å². The number of carbonyl (C=O) groups is 1. The Balaban J connectivity index is 1.56. The number of fused-ring (bicyclic) bond motifs is 5. The summed E-state index contributed by atoms with van der Waals surface area (Å²) in [7, 11) is 0. The van der Waals surface area contributed by atoms with Crippen LogP contribution in [-0.4, -0.2) is 22.7 Å². The van der Waals surface area contributed by atoms with E-state index in [1.807, 2.05) is 0 Å². The molecule has 8 atom stereocenters. The second-order valence-electron chi connectivity index (χ2n) is 10.3. The Morgan fingerprint density at radius 3 is 2.50 bits per heavy atom. The van der Waals surface area contributed by atoms with E-state index in [1.54, 1.807) is 6.92 Å². The zero-order valence-electron chi connectivity index (χ0n) is 16.7. The number of hydrogen-bond acceptors (Lipinski definition) is 2. The third-order valence-corrected chi connectivity index (χ3v) is 9.46. The molecule has 3 nitrogen and oxygen atoms in total. The molecule has 4 fully saturated rings. The molecule has 0 aromatic carbocycles. The van der Waals surface area contributed by atoms with E-state index in [2.05, 4.69) is 25.1 Å². The van der Waals surface area contributed by atoms with E-state index in [0.717, 1.165) is 49.9 Å². The topological polar surface area (TPSA) is 49.3 Å². The molecule has 4 aliphatic rings. The number of amides is 1. The lowest BCUT2D eigenvalue weighted by Gasteiger charge is -2.61. The van der Waals surface area contributed by atoms with Crippen LogP contribution >= 0.6 is 0 Å². The fourth-order valence-corrected chi connectivity index (χ4v) is 7.93. The average Bonchev–Trinajstić information content (AvgIpc) is 2.87. The SMILES string of the molecule is C#C[C@@]1(O)CC[C@H]2[C@@H]3CC[C@H]4C[C@H](NC(C)=O)CC[C@]4(C)[C@H]3CC[C@@]21C. The molecule has 0 aromatic rings. The van der Waals surface area contributed by atoms with Gasteiger partial charge in [-0.1, -0.05) is 19.8 Å². The molecule has 26 heavy (non-hydrogen) atoms. The van der Waals surface area contributed by atoms with Gasteiger partial charge >= 0.3 is 0 Å². The number of carbonyl (C=O) groups excluding carboxylic acids is 1. The fraction of sp³-hybridized carbons (Fsp3) is 0.870. The highest BCUT2D eigenvalue weighted by Gasteiger charge is 2.64. The molecule has 0 bridgehead atoms. The number of terminal acetylenes is 1. The van der Waals surface area contributed by atoms with Crippen molar-refractivity contribution >= 4 is 5.91 Å². The van der Waals surface area contributed by atoms with Crippen molar-refractivity contribution in [1.29, 1.82) is 0 Å². The first-order valence-electron chi connectivity index (χ1n) is 10.7. The molecule has 0 aromatic heterocycles. The van der Waals surface area contributed by atoms with Crippen molar-refractivity contribution in [3.05, 3.63) is 0 Å². The first kappa shape index (κ1) is 18.4. The third kappa shape index (κ3) is 2.40. The van der Waals surface area contributed by atoms with Crippen LogP contribution in [0.4, 0.5) is 0 Å². The van der Waals surface area contributed by atoms with E-state index in [4.69, 9.17) is 6.42 Å². The van der Waals surface area contributed by atoms with Crippen LogP contribution in [0.1, 0.15) is 78.6 Å². The van der Waals surface area contributed by atoms with Crippen LogP contribution < -0.4 is 5.32 Å². The van der Waals surface area contributed by atoms with E-state index in [1.165, 1.54) is 25.7 Å². The van der Waals surface area contributed by atoms with Crippen LogP contribution in [0.15, 0.2) is 0 Å². The summed E-state index contributed by atoms with van der Waals surface area (Å²) in [6.07, 6.45) is 16.0. The average molecular weight is 358 g/mol. The van der Waals surface area contributed by atoms with Crippen LogP contribution in [0, 0.1) is 46.8 Å². The standard InChI is InChI=1S/C23H35NO2/c1-5-23(26)13-10-20-18-7-6-16-14-17(24-15(2)25)8-11-21(16,3)19(18)9-12-22(20,23)4/h1,16-20,26H,6-14H2,2-4H3,(H,24,25)/t16-,17+,18+,19-,20-,21-,22-,23+/m0/s1. The first-order chi connectivity index (χ1) is 12.2. The smallest absolute Gasteiger partial charge is 0.217 e. The maximum atomic E-state index is 11.5. The van der Waals surface area contributed by atoms with Crippen molar-refractivity contribution in [1.82, 2.24) is 5.32 Å². The maximum Gasteiger partial charge on any atom is 0.217 e. The lowest BCUT2D eigenvalue weighted by molar-refractivity contribution is -0.138. The van der Waals surface area contributed by atoms with Crippen LogP contribution in [-0.2, 0) is 4.79 Å². The summed E-state index contributed by atoms with van der Waals surface area (Å²) in [5, 5.41) is 14.3. The van der Waals surface area contributed by atoms with Gasteiger partial charge in [-0.2, -0.15) is 0 Å². The first-order valence-corrected chi connectivity index (χ1v) is 10.7. The Labute approximate surface area is 158 Å². The van der Waals surface area contributed by atoms with Crippen molar-refractivity contribution in [3.8, 4) is 12.3 Å². The van der Waals surface area contributed by atoms with E-state index < -0.39 is 5.60 Å². The molecule has 4 rings (SSSR count). The number of nitrogens with one attached hydrogen (secondary N) is 1. The quantitative estimate of drug-likeness (QED) is 0.699. The van der Waals surface area contributed by atoms with Crippen molar-refractivity contribution in [2.75, 3.05) is 0 Å². The normalized spacial score (nSPS) is 53.0. The molecule has 144 valence electrons. The predicted octanol–water partition coefficient (Wildman–Crippen LogP) is 3.90. The molecule has 0 saturated heterocycles. The Hall–Kier alpha value is -1.01. The molecular formula is C23H35NO2. The highest BCUT2D eigenvalue weighted by Crippen LogP contribution is 2.68. The van der Waals surface area contributed by atoms with Gasteiger partial charge in [0.25, 0.3) is 0 Å². The minimum atomic E-state index is -0.899. The Morgan fingerprint density at radius 2 is 1.81 bits per heavy atom. The lowest BCUT2D eigenvalue weighted by atomic mass is 9.44. The molecule has 1 amide bonds. The summed E-state index contributed by atoms with van der Waals surface area (Å²) >= 11 is 0. The van der Waals surface area contributed by atoms with E-state index in [0.29, 0.717) is 17.4 Å². The summed E-state index contributed by atoms with van der Waals surface area (Å²) in [5.74, 6) is 5.68. The molecule has 0 heterocycles. The van der Waals surface area contributed by atoms with Gasteiger partial charge in [0, 0.05) is 18.4 Å². The second-order valence-corrected chi connectivity index (χ2v) is 10.3. The van der Waals surface area contributed by atoms with Crippen LogP contribution in [0.3, 0.4) is 0 Å². The molecule has 3 heteroatoms. The zero-order chi connectivity index (χ0) is 18.7. The van der Waals surface area contributed by atoms with Gasteiger partial charge in [0.1, 0.15) is 5.60 Å². The Kier molecular flexibility index (Phi) is 4.23. The van der Waals surface area contributed by atoms with Gasteiger partial charge in [-0.3, -0.25) is 4.79 Å². The number of rotatable bonds is 1. The Bertz CT molecular complexity index is 639. The van der Waals surface area contributed by atoms with Gasteiger partial charge in [0.15, 0.2) is 0 Å². The lowest BCUT2D eigenvalue weighted by Crippen LogP contribution is -2.57. The highest BCUT2D eigenvalue weighted by molar-refractivity contribution is 5.73.